The van der Waals surface area contributed by atoms with E-state index in [0.717, 1.165) is 6.20 Å². The summed E-state index contributed by atoms with van der Waals surface area (Å²) in [4.78, 5) is 18.3. The van der Waals surface area contributed by atoms with Crippen LogP contribution in [-0.4, -0.2) is 32.7 Å². The maximum Gasteiger partial charge on any atom is 0.341 e. The number of aliphatic hydroxyl groups excluding tert-OH is 1. The molecule has 3 N–H and O–H groups in total. The number of aromatic nitrogens is 2. The Balaban J connectivity index is 2.10. The van der Waals surface area contributed by atoms with Gasteiger partial charge in [-0.3, -0.25) is 0 Å². The minimum atomic E-state index is -1.19. The van der Waals surface area contributed by atoms with Gasteiger partial charge in [0, 0.05) is 18.3 Å². The SMILES string of the molecule is O=C(O)c1cncnc1NCC(O)c1ccccc1F. The third kappa shape index (κ3) is 3.07. The minimum Gasteiger partial charge on any atom is -0.477 e. The summed E-state index contributed by atoms with van der Waals surface area (Å²) in [7, 11) is 0. The fraction of sp³-hybridized carbons (Fsp3) is 0.154. The van der Waals surface area contributed by atoms with E-state index in [-0.39, 0.29) is 23.5 Å². The molecule has 0 aliphatic carbocycles. The summed E-state index contributed by atoms with van der Waals surface area (Å²) < 4.78 is 13.5. The number of halogens is 1. The number of nitrogens with zero attached hydrogens (tertiary/aromatic N) is 2. The zero-order valence-electron chi connectivity index (χ0n) is 10.3. The Morgan fingerprint density at radius 2 is 2.15 bits per heavy atom. The molecular formula is C13H12FN3O3. The van der Waals surface area contributed by atoms with Crippen LogP contribution in [0.2, 0.25) is 0 Å². The standard InChI is InChI=1S/C13H12FN3O3/c14-10-4-2-1-3-8(10)11(18)6-16-12-9(13(19)20)5-15-7-17-12/h1-5,7,11,18H,6H2,(H,19,20)(H,15,16,17). The second-order valence-electron chi connectivity index (χ2n) is 4.01. The number of rotatable bonds is 5. The number of aromatic carboxylic acids is 1. The van der Waals surface area contributed by atoms with E-state index in [1.54, 1.807) is 6.07 Å². The molecule has 0 saturated carbocycles. The zero-order chi connectivity index (χ0) is 14.5. The number of aliphatic hydroxyl groups is 1. The van der Waals surface area contributed by atoms with Gasteiger partial charge in [-0.2, -0.15) is 0 Å². The van der Waals surface area contributed by atoms with Crippen LogP contribution < -0.4 is 5.32 Å². The van der Waals surface area contributed by atoms with Gasteiger partial charge in [-0.05, 0) is 6.07 Å². The first-order valence-corrected chi connectivity index (χ1v) is 5.79. The molecule has 2 aromatic rings. The van der Waals surface area contributed by atoms with E-state index in [2.05, 4.69) is 15.3 Å². The van der Waals surface area contributed by atoms with E-state index in [0.29, 0.717) is 0 Å². The number of hydrogen-bond acceptors (Lipinski definition) is 5. The number of hydrogen-bond donors (Lipinski definition) is 3. The number of nitrogens with one attached hydrogen (secondary N) is 1. The first-order chi connectivity index (χ1) is 9.59. The van der Waals surface area contributed by atoms with Crippen molar-refractivity contribution >= 4 is 11.8 Å². The molecule has 0 aliphatic heterocycles. The van der Waals surface area contributed by atoms with Gasteiger partial charge in [0.25, 0.3) is 0 Å². The van der Waals surface area contributed by atoms with Gasteiger partial charge in [0.15, 0.2) is 0 Å². The van der Waals surface area contributed by atoms with E-state index >= 15 is 0 Å². The highest BCUT2D eigenvalue weighted by atomic mass is 19.1. The molecule has 7 heteroatoms. The maximum atomic E-state index is 13.5. The van der Waals surface area contributed by atoms with Gasteiger partial charge in [0.2, 0.25) is 0 Å². The average Bonchev–Trinajstić information content (AvgIpc) is 2.45. The van der Waals surface area contributed by atoms with Gasteiger partial charge < -0.3 is 15.5 Å². The number of carbonyl (C=O) groups is 1. The molecule has 0 aliphatic rings. The van der Waals surface area contributed by atoms with Gasteiger partial charge in [0.05, 0.1) is 6.10 Å². The molecule has 1 heterocycles. The van der Waals surface area contributed by atoms with Crippen molar-refractivity contribution in [3.63, 3.8) is 0 Å². The van der Waals surface area contributed by atoms with Crippen molar-refractivity contribution in [2.75, 3.05) is 11.9 Å². The highest BCUT2D eigenvalue weighted by molar-refractivity contribution is 5.92. The fourth-order valence-corrected chi connectivity index (χ4v) is 1.68. The van der Waals surface area contributed by atoms with Crippen molar-refractivity contribution in [1.29, 1.82) is 0 Å². The lowest BCUT2D eigenvalue weighted by Crippen LogP contribution is -2.16. The Kier molecular flexibility index (Phi) is 4.21. The second-order valence-corrected chi connectivity index (χ2v) is 4.01. The van der Waals surface area contributed by atoms with Gasteiger partial charge in [-0.15, -0.1) is 0 Å². The summed E-state index contributed by atoms with van der Waals surface area (Å²) in [5.41, 5.74) is 0.0131. The summed E-state index contributed by atoms with van der Waals surface area (Å²) in [5, 5.41) is 21.5. The van der Waals surface area contributed by atoms with E-state index in [4.69, 9.17) is 5.11 Å². The average molecular weight is 277 g/mol. The van der Waals surface area contributed by atoms with Crippen LogP contribution in [0.25, 0.3) is 0 Å². The molecule has 0 spiro atoms. The van der Waals surface area contributed by atoms with Crippen LogP contribution in [0.4, 0.5) is 10.2 Å². The van der Waals surface area contributed by atoms with Crippen molar-refractivity contribution < 1.29 is 19.4 Å². The third-order valence-electron chi connectivity index (χ3n) is 2.67. The van der Waals surface area contributed by atoms with Crippen LogP contribution in [0.15, 0.2) is 36.8 Å². The molecule has 0 saturated heterocycles. The van der Waals surface area contributed by atoms with Crippen molar-refractivity contribution in [3.05, 3.63) is 53.7 Å². The summed E-state index contributed by atoms with van der Waals surface area (Å²) in [6.07, 6.45) is 1.21. The molecular weight excluding hydrogens is 265 g/mol. The molecule has 0 bridgehead atoms. The van der Waals surface area contributed by atoms with Crippen molar-refractivity contribution in [3.8, 4) is 0 Å². The highest BCUT2D eigenvalue weighted by Crippen LogP contribution is 2.18. The Morgan fingerprint density at radius 3 is 2.85 bits per heavy atom. The van der Waals surface area contributed by atoms with Gasteiger partial charge >= 0.3 is 5.97 Å². The van der Waals surface area contributed by atoms with Crippen LogP contribution in [0.5, 0.6) is 0 Å². The predicted octanol–water partition coefficient (Wildman–Crippen LogP) is 1.46. The Labute approximate surface area is 113 Å². The number of carboxylic acid groups (broad SMARTS) is 1. The van der Waals surface area contributed by atoms with Gasteiger partial charge in [0.1, 0.15) is 23.5 Å². The van der Waals surface area contributed by atoms with Crippen molar-refractivity contribution in [2.45, 2.75) is 6.10 Å². The zero-order valence-corrected chi connectivity index (χ0v) is 10.3. The van der Waals surface area contributed by atoms with E-state index < -0.39 is 17.9 Å². The molecule has 0 fully saturated rings. The van der Waals surface area contributed by atoms with Crippen molar-refractivity contribution in [2.24, 2.45) is 0 Å². The number of anilines is 1. The minimum absolute atomic E-state index is 0.0712. The summed E-state index contributed by atoms with van der Waals surface area (Å²) in [6.45, 7) is -0.0712. The van der Waals surface area contributed by atoms with E-state index in [1.165, 1.54) is 24.5 Å². The third-order valence-corrected chi connectivity index (χ3v) is 2.67. The largest absolute Gasteiger partial charge is 0.477 e. The molecule has 0 radical (unpaired) electrons. The fourth-order valence-electron chi connectivity index (χ4n) is 1.68. The lowest BCUT2D eigenvalue weighted by Gasteiger charge is -2.14. The van der Waals surface area contributed by atoms with Crippen LogP contribution in [0.3, 0.4) is 0 Å². The van der Waals surface area contributed by atoms with Gasteiger partial charge in [-0.25, -0.2) is 19.2 Å². The highest BCUT2D eigenvalue weighted by Gasteiger charge is 2.15. The quantitative estimate of drug-likeness (QED) is 0.765. The molecule has 2 rings (SSSR count). The van der Waals surface area contributed by atoms with Crippen LogP contribution in [0, 0.1) is 5.82 Å². The first-order valence-electron chi connectivity index (χ1n) is 5.79. The molecule has 104 valence electrons. The predicted molar refractivity (Wildman–Crippen MR) is 68.8 cm³/mol. The Bertz CT molecular complexity index is 621. The second kappa shape index (κ2) is 6.07. The first kappa shape index (κ1) is 13.9. The molecule has 1 atom stereocenters. The Morgan fingerprint density at radius 1 is 1.40 bits per heavy atom. The molecule has 1 aromatic carbocycles. The number of benzene rings is 1. The Hall–Kier alpha value is -2.54. The molecule has 20 heavy (non-hydrogen) atoms. The summed E-state index contributed by atoms with van der Waals surface area (Å²) in [5.74, 6) is -1.64. The van der Waals surface area contributed by atoms with Crippen molar-refractivity contribution in [1.82, 2.24) is 9.97 Å². The maximum absolute atomic E-state index is 13.5. The molecule has 1 unspecified atom stereocenters. The van der Waals surface area contributed by atoms with Crippen LogP contribution in [0.1, 0.15) is 22.0 Å². The lowest BCUT2D eigenvalue weighted by molar-refractivity contribution is 0.0697. The van der Waals surface area contributed by atoms with E-state index in [1.807, 2.05) is 0 Å². The lowest BCUT2D eigenvalue weighted by atomic mass is 10.1. The molecule has 0 amide bonds. The summed E-state index contributed by atoms with van der Waals surface area (Å²) in [6, 6.07) is 5.83. The van der Waals surface area contributed by atoms with E-state index in [9.17, 15) is 14.3 Å². The monoisotopic (exact) mass is 277 g/mol. The van der Waals surface area contributed by atoms with Crippen LogP contribution in [-0.2, 0) is 0 Å². The topological polar surface area (TPSA) is 95.3 Å². The molecule has 6 nitrogen and oxygen atoms in total. The molecule has 1 aromatic heterocycles. The number of carboxylic acids is 1. The normalized spacial score (nSPS) is 11.9. The van der Waals surface area contributed by atoms with Crippen LogP contribution >= 0.6 is 0 Å². The van der Waals surface area contributed by atoms with Gasteiger partial charge in [-0.1, -0.05) is 18.2 Å². The smallest absolute Gasteiger partial charge is 0.341 e. The summed E-state index contributed by atoms with van der Waals surface area (Å²) >= 11 is 0.